The monoisotopic (exact) mass is 338 g/mol. The molecule has 1 aliphatic heterocycles. The fraction of sp³-hybridized carbons (Fsp3) is 0.263. The van der Waals surface area contributed by atoms with Crippen LogP contribution in [-0.2, 0) is 13.0 Å². The summed E-state index contributed by atoms with van der Waals surface area (Å²) in [4.78, 5) is 23.6. The Bertz CT molecular complexity index is 1010. The van der Waals surface area contributed by atoms with Crippen molar-refractivity contribution in [3.05, 3.63) is 64.0 Å². The molecule has 2 heterocycles. The van der Waals surface area contributed by atoms with Gasteiger partial charge in [-0.25, -0.2) is 9.37 Å². The van der Waals surface area contributed by atoms with Crippen LogP contribution in [0.4, 0.5) is 15.8 Å². The maximum absolute atomic E-state index is 14.2. The van der Waals surface area contributed by atoms with Crippen LogP contribution >= 0.6 is 0 Å². The summed E-state index contributed by atoms with van der Waals surface area (Å²) in [5, 5.41) is 0.399. The maximum Gasteiger partial charge on any atom is 0.258 e. The first-order chi connectivity index (χ1) is 12.0. The zero-order valence-corrected chi connectivity index (χ0v) is 14.2. The molecule has 0 spiro atoms. The molecule has 0 amide bonds. The van der Waals surface area contributed by atoms with E-state index in [-0.39, 0.29) is 11.4 Å². The van der Waals surface area contributed by atoms with Gasteiger partial charge in [0.25, 0.3) is 5.56 Å². The van der Waals surface area contributed by atoms with E-state index in [1.54, 1.807) is 25.1 Å². The number of para-hydroxylation sites is 1. The van der Waals surface area contributed by atoms with Crippen LogP contribution in [0.15, 0.2) is 41.2 Å². The average Bonchev–Trinajstić information content (AvgIpc) is 2.97. The van der Waals surface area contributed by atoms with Crippen molar-refractivity contribution < 1.29 is 4.39 Å². The number of aromatic nitrogens is 2. The minimum Gasteiger partial charge on any atom is -0.375 e. The van der Waals surface area contributed by atoms with Crippen LogP contribution in [0.3, 0.4) is 0 Å². The predicted octanol–water partition coefficient (Wildman–Crippen LogP) is 2.69. The second-order valence-corrected chi connectivity index (χ2v) is 6.53. The first-order valence-electron chi connectivity index (χ1n) is 8.25. The lowest BCUT2D eigenvalue weighted by molar-refractivity contribution is 0.627. The topological polar surface area (TPSA) is 52.2 Å². The number of hydrogen-bond donors (Lipinski definition) is 1. The van der Waals surface area contributed by atoms with Gasteiger partial charge in [0.15, 0.2) is 0 Å². The Morgan fingerprint density at radius 2 is 2.08 bits per heavy atom. The first kappa shape index (κ1) is 15.6. The number of halogens is 1. The van der Waals surface area contributed by atoms with Crippen LogP contribution in [0.2, 0.25) is 0 Å². The Morgan fingerprint density at radius 3 is 2.88 bits per heavy atom. The smallest absolute Gasteiger partial charge is 0.258 e. The van der Waals surface area contributed by atoms with Crippen LogP contribution in [0.1, 0.15) is 11.4 Å². The van der Waals surface area contributed by atoms with Crippen LogP contribution in [0.25, 0.3) is 10.9 Å². The van der Waals surface area contributed by atoms with E-state index >= 15 is 0 Å². The molecule has 4 rings (SSSR count). The minimum atomic E-state index is -0.381. The molecule has 0 unspecified atom stereocenters. The molecule has 1 aromatic heterocycles. The maximum atomic E-state index is 14.2. The fourth-order valence-corrected chi connectivity index (χ4v) is 3.37. The largest absolute Gasteiger partial charge is 0.375 e. The highest BCUT2D eigenvalue weighted by molar-refractivity contribution is 5.82. The third-order valence-electron chi connectivity index (χ3n) is 4.63. The second kappa shape index (κ2) is 5.88. The molecule has 25 heavy (non-hydrogen) atoms. The summed E-state index contributed by atoms with van der Waals surface area (Å²) >= 11 is 0. The molecule has 1 aliphatic rings. The second-order valence-electron chi connectivity index (χ2n) is 6.53. The number of rotatable bonds is 3. The van der Waals surface area contributed by atoms with Gasteiger partial charge in [-0.15, -0.1) is 0 Å². The zero-order valence-electron chi connectivity index (χ0n) is 14.2. The molecule has 0 atom stereocenters. The van der Waals surface area contributed by atoms with Gasteiger partial charge in [0.2, 0.25) is 0 Å². The molecular weight excluding hydrogens is 319 g/mol. The van der Waals surface area contributed by atoms with Gasteiger partial charge in [-0.05, 0) is 24.1 Å². The SMILES string of the molecule is CN(C)c1cc2c(=O)[nH]c(CN3CCc4ccccc43)nc2cc1F. The molecule has 5 nitrogen and oxygen atoms in total. The molecule has 1 N–H and O–H groups in total. The zero-order chi connectivity index (χ0) is 17.6. The van der Waals surface area contributed by atoms with Crippen molar-refractivity contribution in [1.82, 2.24) is 9.97 Å². The predicted molar refractivity (Wildman–Crippen MR) is 97.8 cm³/mol. The quantitative estimate of drug-likeness (QED) is 0.798. The van der Waals surface area contributed by atoms with E-state index in [0.29, 0.717) is 29.0 Å². The number of benzene rings is 2. The summed E-state index contributed by atoms with van der Waals surface area (Å²) in [5.41, 5.74) is 2.98. The van der Waals surface area contributed by atoms with Crippen LogP contribution in [-0.4, -0.2) is 30.6 Å². The number of nitrogens with zero attached hydrogens (tertiary/aromatic N) is 3. The molecule has 2 aromatic carbocycles. The van der Waals surface area contributed by atoms with Crippen molar-refractivity contribution in [1.29, 1.82) is 0 Å². The molecule has 6 heteroatoms. The third-order valence-corrected chi connectivity index (χ3v) is 4.63. The van der Waals surface area contributed by atoms with E-state index in [1.807, 2.05) is 12.1 Å². The van der Waals surface area contributed by atoms with Crippen molar-refractivity contribution in [2.75, 3.05) is 30.4 Å². The highest BCUT2D eigenvalue weighted by Gasteiger charge is 2.19. The molecule has 0 aliphatic carbocycles. The number of fused-ring (bicyclic) bond motifs is 2. The number of H-pyrrole nitrogens is 1. The number of anilines is 2. The van der Waals surface area contributed by atoms with E-state index in [0.717, 1.165) is 13.0 Å². The average molecular weight is 338 g/mol. The van der Waals surface area contributed by atoms with Gasteiger partial charge in [0.1, 0.15) is 11.6 Å². The lowest BCUT2D eigenvalue weighted by Crippen LogP contribution is -2.24. The van der Waals surface area contributed by atoms with Crippen molar-refractivity contribution in [2.24, 2.45) is 0 Å². The van der Waals surface area contributed by atoms with Crippen molar-refractivity contribution in [3.8, 4) is 0 Å². The van der Waals surface area contributed by atoms with Gasteiger partial charge in [-0.3, -0.25) is 4.79 Å². The van der Waals surface area contributed by atoms with Gasteiger partial charge < -0.3 is 14.8 Å². The Labute approximate surface area is 144 Å². The highest BCUT2D eigenvalue weighted by Crippen LogP contribution is 2.28. The normalized spacial score (nSPS) is 13.3. The number of aromatic amines is 1. The summed E-state index contributed by atoms with van der Waals surface area (Å²) in [6, 6.07) is 11.1. The minimum absolute atomic E-state index is 0.240. The molecule has 0 bridgehead atoms. The third kappa shape index (κ3) is 2.73. The summed E-state index contributed by atoms with van der Waals surface area (Å²) in [7, 11) is 3.48. The van der Waals surface area contributed by atoms with Gasteiger partial charge in [0.05, 0.1) is 23.1 Å². The van der Waals surface area contributed by atoms with Crippen LogP contribution in [0, 0.1) is 5.82 Å². The molecule has 0 saturated heterocycles. The Morgan fingerprint density at radius 1 is 1.28 bits per heavy atom. The lowest BCUT2D eigenvalue weighted by Gasteiger charge is -2.19. The Kier molecular flexibility index (Phi) is 3.67. The van der Waals surface area contributed by atoms with Gasteiger partial charge >= 0.3 is 0 Å². The van der Waals surface area contributed by atoms with Crippen LogP contribution in [0.5, 0.6) is 0 Å². The summed E-state index contributed by atoms with van der Waals surface area (Å²) < 4.78 is 14.2. The summed E-state index contributed by atoms with van der Waals surface area (Å²) in [6.07, 6.45) is 0.981. The number of nitrogens with one attached hydrogen (secondary N) is 1. The van der Waals surface area contributed by atoms with E-state index < -0.39 is 0 Å². The Hall–Kier alpha value is -2.89. The molecule has 0 radical (unpaired) electrons. The van der Waals surface area contributed by atoms with Crippen molar-refractivity contribution in [2.45, 2.75) is 13.0 Å². The standard InChI is InChI=1S/C19H19FN4O/c1-23(2)17-9-13-15(10-14(17)20)21-18(22-19(13)25)11-24-8-7-12-5-3-4-6-16(12)24/h3-6,9-10H,7-8,11H2,1-2H3,(H,21,22,25). The number of hydrogen-bond acceptors (Lipinski definition) is 4. The van der Waals surface area contributed by atoms with Crippen molar-refractivity contribution in [3.63, 3.8) is 0 Å². The first-order valence-corrected chi connectivity index (χ1v) is 8.25. The van der Waals surface area contributed by atoms with Gasteiger partial charge in [-0.1, -0.05) is 18.2 Å². The van der Waals surface area contributed by atoms with E-state index in [2.05, 4.69) is 27.0 Å². The fourth-order valence-electron chi connectivity index (χ4n) is 3.37. The molecule has 3 aromatic rings. The summed E-state index contributed by atoms with van der Waals surface area (Å²) in [5.74, 6) is 0.166. The summed E-state index contributed by atoms with van der Waals surface area (Å²) in [6.45, 7) is 1.38. The highest BCUT2D eigenvalue weighted by atomic mass is 19.1. The van der Waals surface area contributed by atoms with Crippen molar-refractivity contribution >= 4 is 22.3 Å². The van der Waals surface area contributed by atoms with E-state index in [9.17, 15) is 9.18 Å². The van der Waals surface area contributed by atoms with E-state index in [4.69, 9.17) is 0 Å². The van der Waals surface area contributed by atoms with Crippen LogP contribution < -0.4 is 15.4 Å². The lowest BCUT2D eigenvalue weighted by atomic mass is 10.2. The molecule has 0 saturated carbocycles. The van der Waals surface area contributed by atoms with Gasteiger partial charge in [-0.2, -0.15) is 0 Å². The molecule has 0 fully saturated rings. The molecular formula is C19H19FN4O. The van der Waals surface area contributed by atoms with E-state index in [1.165, 1.54) is 17.3 Å². The Balaban J connectivity index is 1.72. The van der Waals surface area contributed by atoms with Gasteiger partial charge in [0, 0.05) is 32.4 Å². The molecule has 128 valence electrons.